The van der Waals surface area contributed by atoms with E-state index in [9.17, 15) is 14.4 Å². The van der Waals surface area contributed by atoms with Gasteiger partial charge in [0, 0.05) is 11.1 Å². The maximum Gasteiger partial charge on any atom is 0.331 e. The third-order valence-corrected chi connectivity index (χ3v) is 1.60. The fraction of sp³-hybridized carbons (Fsp3) is 0.375. The van der Waals surface area contributed by atoms with E-state index in [0.29, 0.717) is 0 Å². The molecule has 0 bridgehead atoms. The van der Waals surface area contributed by atoms with Gasteiger partial charge in [-0.2, -0.15) is 0 Å². The topological polar surface area (TPSA) is 119 Å². The van der Waals surface area contributed by atoms with Crippen LogP contribution in [-0.4, -0.2) is 29.5 Å². The molecule has 0 aromatic heterocycles. The van der Waals surface area contributed by atoms with Crippen molar-refractivity contribution in [1.29, 1.82) is 0 Å². The third-order valence-electron chi connectivity index (χ3n) is 1.60. The maximum atomic E-state index is 11.2. The first kappa shape index (κ1) is 13.1. The molecule has 0 aromatic carbocycles. The van der Waals surface area contributed by atoms with Gasteiger partial charge in [0.1, 0.15) is 0 Å². The number of amides is 2. The van der Waals surface area contributed by atoms with E-state index >= 15 is 0 Å². The number of aliphatic carboxylic acids is 1. The molecule has 4 N–H and O–H groups in total. The minimum Gasteiger partial charge on any atom is -0.478 e. The summed E-state index contributed by atoms with van der Waals surface area (Å²) in [6, 6.07) is 0. The molecule has 0 rings (SSSR count). The van der Waals surface area contributed by atoms with Crippen molar-refractivity contribution in [2.24, 2.45) is 5.73 Å². The van der Waals surface area contributed by atoms with Crippen LogP contribution in [0, 0.1) is 0 Å². The van der Waals surface area contributed by atoms with Crippen molar-refractivity contribution in [2.75, 3.05) is 6.61 Å². The van der Waals surface area contributed by atoms with Crippen LogP contribution in [0.15, 0.2) is 11.1 Å². The van der Waals surface area contributed by atoms with Crippen LogP contribution in [0.25, 0.3) is 0 Å². The number of carbonyl (C=O) groups is 3. The summed E-state index contributed by atoms with van der Waals surface area (Å²) in [5, 5.41) is 8.56. The Bertz CT molecular complexity index is 321. The van der Waals surface area contributed by atoms with Gasteiger partial charge in [-0.05, 0) is 13.8 Å². The predicted molar refractivity (Wildman–Crippen MR) is 49.3 cm³/mol. The van der Waals surface area contributed by atoms with Crippen LogP contribution in [0.3, 0.4) is 0 Å². The molecular weight excluding hydrogens is 204 g/mol. The zero-order valence-corrected chi connectivity index (χ0v) is 8.36. The number of hydroxylamine groups is 1. The van der Waals surface area contributed by atoms with Gasteiger partial charge in [0.2, 0.25) is 5.91 Å². The van der Waals surface area contributed by atoms with Crippen LogP contribution in [0.5, 0.6) is 0 Å². The Hall–Kier alpha value is -1.89. The van der Waals surface area contributed by atoms with E-state index in [1.165, 1.54) is 13.8 Å². The molecule has 0 radical (unpaired) electrons. The van der Waals surface area contributed by atoms with Gasteiger partial charge in [-0.3, -0.25) is 14.4 Å². The number of nitrogens with one attached hydrogen (secondary N) is 1. The highest BCUT2D eigenvalue weighted by Crippen LogP contribution is 2.02. The zero-order chi connectivity index (χ0) is 12.0. The first-order chi connectivity index (χ1) is 6.86. The van der Waals surface area contributed by atoms with Gasteiger partial charge in [0.25, 0.3) is 5.91 Å². The van der Waals surface area contributed by atoms with Gasteiger partial charge in [-0.1, -0.05) is 0 Å². The summed E-state index contributed by atoms with van der Waals surface area (Å²) in [5.74, 6) is -2.67. The summed E-state index contributed by atoms with van der Waals surface area (Å²) >= 11 is 0. The van der Waals surface area contributed by atoms with E-state index in [1.54, 1.807) is 0 Å². The van der Waals surface area contributed by atoms with Crippen LogP contribution in [0.2, 0.25) is 0 Å². The van der Waals surface area contributed by atoms with Crippen LogP contribution in [0.4, 0.5) is 0 Å². The quantitative estimate of drug-likeness (QED) is 0.400. The molecule has 0 fully saturated rings. The molecule has 0 aliphatic rings. The molecule has 15 heavy (non-hydrogen) atoms. The van der Waals surface area contributed by atoms with Gasteiger partial charge in [-0.25, -0.2) is 10.3 Å². The first-order valence-electron chi connectivity index (χ1n) is 3.97. The summed E-state index contributed by atoms with van der Waals surface area (Å²) < 4.78 is 0. The Morgan fingerprint density at radius 3 is 2.20 bits per heavy atom. The fourth-order valence-electron chi connectivity index (χ4n) is 0.580. The Morgan fingerprint density at radius 1 is 1.27 bits per heavy atom. The Labute approximate surface area is 85.8 Å². The molecule has 2 amide bonds. The number of carbonyl (C=O) groups excluding carboxylic acids is 2. The zero-order valence-electron chi connectivity index (χ0n) is 8.36. The summed E-state index contributed by atoms with van der Waals surface area (Å²) in [5.41, 5.74) is 6.52. The van der Waals surface area contributed by atoms with E-state index in [-0.39, 0.29) is 11.1 Å². The van der Waals surface area contributed by atoms with Crippen LogP contribution < -0.4 is 11.2 Å². The molecule has 0 spiro atoms. The van der Waals surface area contributed by atoms with Gasteiger partial charge in [0.15, 0.2) is 6.61 Å². The molecule has 0 aromatic rings. The standard InChI is InChI=1S/C8H12N2O5/c1-4(5(2)8(13)14)7(12)10-15-3-6(9)11/h3H2,1-2H3,(H2,9,11)(H,10,12)(H,13,14). The van der Waals surface area contributed by atoms with E-state index in [1.807, 2.05) is 5.48 Å². The highest BCUT2D eigenvalue weighted by atomic mass is 16.7. The molecule has 0 aliphatic heterocycles. The van der Waals surface area contributed by atoms with Crippen LogP contribution in [0.1, 0.15) is 13.8 Å². The smallest absolute Gasteiger partial charge is 0.331 e. The third kappa shape index (κ3) is 4.77. The van der Waals surface area contributed by atoms with Crippen molar-refractivity contribution in [3.8, 4) is 0 Å². The highest BCUT2D eigenvalue weighted by molar-refractivity contribution is 6.00. The van der Waals surface area contributed by atoms with Crippen molar-refractivity contribution >= 4 is 17.8 Å². The molecule has 84 valence electrons. The van der Waals surface area contributed by atoms with Crippen molar-refractivity contribution < 1.29 is 24.3 Å². The van der Waals surface area contributed by atoms with Crippen molar-refractivity contribution in [3.63, 3.8) is 0 Å². The molecule has 0 heterocycles. The average molecular weight is 216 g/mol. The van der Waals surface area contributed by atoms with Gasteiger partial charge in [0.05, 0.1) is 0 Å². The lowest BCUT2D eigenvalue weighted by molar-refractivity contribution is -0.137. The molecule has 0 unspecified atom stereocenters. The van der Waals surface area contributed by atoms with Crippen molar-refractivity contribution in [3.05, 3.63) is 11.1 Å². The number of carboxylic acids is 1. The molecule has 7 nitrogen and oxygen atoms in total. The normalized spacial score (nSPS) is 11.6. The molecule has 0 saturated heterocycles. The minimum absolute atomic E-state index is 0.00743. The number of nitrogens with two attached hydrogens (primary N) is 1. The molecule has 0 atom stereocenters. The van der Waals surface area contributed by atoms with E-state index in [0.717, 1.165) is 0 Å². The Morgan fingerprint density at radius 2 is 1.80 bits per heavy atom. The van der Waals surface area contributed by atoms with E-state index in [4.69, 9.17) is 10.8 Å². The van der Waals surface area contributed by atoms with E-state index in [2.05, 4.69) is 4.84 Å². The lowest BCUT2D eigenvalue weighted by Gasteiger charge is -2.05. The van der Waals surface area contributed by atoms with Gasteiger partial charge < -0.3 is 10.8 Å². The van der Waals surface area contributed by atoms with Crippen LogP contribution in [-0.2, 0) is 19.2 Å². The monoisotopic (exact) mass is 216 g/mol. The molecule has 0 aliphatic carbocycles. The van der Waals surface area contributed by atoms with Crippen molar-refractivity contribution in [2.45, 2.75) is 13.8 Å². The number of primary amides is 1. The molecular formula is C8H12N2O5. The van der Waals surface area contributed by atoms with Crippen LogP contribution >= 0.6 is 0 Å². The van der Waals surface area contributed by atoms with Gasteiger partial charge in [-0.15, -0.1) is 0 Å². The number of carboxylic acid groups (broad SMARTS) is 1. The van der Waals surface area contributed by atoms with E-state index < -0.39 is 24.4 Å². The summed E-state index contributed by atoms with van der Waals surface area (Å²) in [6.45, 7) is 2.14. The lowest BCUT2D eigenvalue weighted by atomic mass is 10.1. The maximum absolute atomic E-state index is 11.2. The Balaban J connectivity index is 4.28. The molecule has 0 saturated carbocycles. The largest absolute Gasteiger partial charge is 0.478 e. The SMILES string of the molecule is CC(C(=O)O)=C(C)C(=O)NOCC(N)=O. The second-order valence-electron chi connectivity index (χ2n) is 2.74. The summed E-state index contributed by atoms with van der Waals surface area (Å²) in [7, 11) is 0. The number of rotatable bonds is 5. The average Bonchev–Trinajstić information content (AvgIpc) is 2.14. The number of hydrogen-bond acceptors (Lipinski definition) is 4. The molecule has 7 heteroatoms. The van der Waals surface area contributed by atoms with Crippen molar-refractivity contribution in [1.82, 2.24) is 5.48 Å². The predicted octanol–water partition coefficient (Wildman–Crippen LogP) is -1.06. The highest BCUT2D eigenvalue weighted by Gasteiger charge is 2.12. The second kappa shape index (κ2) is 5.76. The van der Waals surface area contributed by atoms with Gasteiger partial charge >= 0.3 is 5.97 Å². The number of hydrogen-bond donors (Lipinski definition) is 3. The summed E-state index contributed by atoms with van der Waals surface area (Å²) in [6.07, 6.45) is 0. The summed E-state index contributed by atoms with van der Waals surface area (Å²) in [4.78, 5) is 36.3. The minimum atomic E-state index is -1.20. The lowest BCUT2D eigenvalue weighted by Crippen LogP contribution is -2.30. The Kier molecular flexibility index (Phi) is 5.03. The fourth-order valence-corrected chi connectivity index (χ4v) is 0.580. The first-order valence-corrected chi connectivity index (χ1v) is 3.97. The second-order valence-corrected chi connectivity index (χ2v) is 2.74.